The van der Waals surface area contributed by atoms with E-state index in [0.717, 1.165) is 63.0 Å². The topological polar surface area (TPSA) is 64.4 Å². The first-order valence-corrected chi connectivity index (χ1v) is 9.82. The largest absolute Gasteiger partial charge is 0.451 e. The van der Waals surface area contributed by atoms with Crippen molar-refractivity contribution in [1.82, 2.24) is 14.7 Å². The van der Waals surface area contributed by atoms with Gasteiger partial charge in [0.05, 0.1) is 11.4 Å². The van der Waals surface area contributed by atoms with Gasteiger partial charge < -0.3 is 9.64 Å². The van der Waals surface area contributed by atoms with Gasteiger partial charge in [0.2, 0.25) is 0 Å². The van der Waals surface area contributed by atoms with Crippen molar-refractivity contribution >= 4 is 11.9 Å². The zero-order valence-corrected chi connectivity index (χ0v) is 15.5. The third kappa shape index (κ3) is 4.21. The van der Waals surface area contributed by atoms with E-state index >= 15 is 0 Å². The van der Waals surface area contributed by atoms with Crippen LogP contribution in [0.4, 0.5) is 0 Å². The fourth-order valence-electron chi connectivity index (χ4n) is 3.50. The maximum Gasteiger partial charge on any atom is 0.357 e. The van der Waals surface area contributed by atoms with Crippen molar-refractivity contribution in [2.45, 2.75) is 44.4 Å². The maximum absolute atomic E-state index is 12.7. The molecule has 1 saturated carbocycles. The summed E-state index contributed by atoms with van der Waals surface area (Å²) >= 11 is 0. The lowest BCUT2D eigenvalue weighted by molar-refractivity contribution is -0.134. The predicted octanol–water partition coefficient (Wildman–Crippen LogP) is 3.31. The van der Waals surface area contributed by atoms with Gasteiger partial charge in [-0.05, 0) is 43.9 Å². The number of hydrogen-bond acceptors (Lipinski definition) is 4. The zero-order chi connectivity index (χ0) is 18.6. The van der Waals surface area contributed by atoms with Crippen LogP contribution in [-0.4, -0.2) is 46.3 Å². The lowest BCUT2D eigenvalue weighted by Gasteiger charge is -2.19. The minimum absolute atomic E-state index is 0.113. The fourth-order valence-corrected chi connectivity index (χ4v) is 3.50. The molecule has 0 N–H and O–H groups in total. The number of rotatable bonds is 5. The molecular weight excluding hydrogens is 342 g/mol. The van der Waals surface area contributed by atoms with Gasteiger partial charge in [0.15, 0.2) is 12.3 Å². The van der Waals surface area contributed by atoms with E-state index in [-0.39, 0.29) is 12.5 Å². The number of amides is 1. The maximum atomic E-state index is 12.7. The highest BCUT2D eigenvalue weighted by molar-refractivity contribution is 5.90. The molecule has 2 fully saturated rings. The van der Waals surface area contributed by atoms with Gasteiger partial charge in [-0.15, -0.1) is 0 Å². The van der Waals surface area contributed by atoms with Crippen LogP contribution in [0.3, 0.4) is 0 Å². The predicted molar refractivity (Wildman–Crippen MR) is 101 cm³/mol. The van der Waals surface area contributed by atoms with E-state index in [0.29, 0.717) is 11.6 Å². The van der Waals surface area contributed by atoms with Gasteiger partial charge in [-0.25, -0.2) is 9.48 Å². The number of carbonyl (C=O) groups excluding carboxylic acids is 2. The second-order valence-corrected chi connectivity index (χ2v) is 7.35. The van der Waals surface area contributed by atoms with Crippen LogP contribution in [0.5, 0.6) is 0 Å². The molecule has 1 aliphatic carbocycles. The van der Waals surface area contributed by atoms with Crippen LogP contribution in [0, 0.1) is 0 Å². The molecule has 0 spiro atoms. The van der Waals surface area contributed by atoms with Crippen LogP contribution in [-0.2, 0) is 9.53 Å². The number of aromatic nitrogens is 2. The van der Waals surface area contributed by atoms with Crippen molar-refractivity contribution in [1.29, 1.82) is 0 Å². The number of para-hydroxylation sites is 1. The Labute approximate surface area is 159 Å². The Balaban J connectivity index is 1.47. The number of ether oxygens (including phenoxy) is 1. The molecule has 0 atom stereocenters. The van der Waals surface area contributed by atoms with Gasteiger partial charge >= 0.3 is 5.97 Å². The van der Waals surface area contributed by atoms with Crippen molar-refractivity contribution in [3.63, 3.8) is 0 Å². The Morgan fingerprint density at radius 3 is 2.41 bits per heavy atom. The van der Waals surface area contributed by atoms with Crippen LogP contribution in [0.1, 0.15) is 60.6 Å². The van der Waals surface area contributed by atoms with Crippen molar-refractivity contribution in [2.75, 3.05) is 19.7 Å². The van der Waals surface area contributed by atoms with E-state index in [4.69, 9.17) is 4.74 Å². The van der Waals surface area contributed by atoms with Crippen molar-refractivity contribution in [2.24, 2.45) is 0 Å². The first-order valence-electron chi connectivity index (χ1n) is 9.82. The van der Waals surface area contributed by atoms with E-state index in [1.54, 1.807) is 4.68 Å². The van der Waals surface area contributed by atoms with E-state index in [1.807, 2.05) is 41.3 Å². The molecular formula is C21H25N3O3. The fraction of sp³-hybridized carbons (Fsp3) is 0.476. The average Bonchev–Trinajstić information content (AvgIpc) is 3.50. The molecule has 1 aliphatic heterocycles. The molecule has 2 heterocycles. The monoisotopic (exact) mass is 367 g/mol. The van der Waals surface area contributed by atoms with Crippen LogP contribution in [0.25, 0.3) is 5.69 Å². The molecule has 27 heavy (non-hydrogen) atoms. The molecule has 142 valence electrons. The summed E-state index contributed by atoms with van der Waals surface area (Å²) in [7, 11) is 0. The van der Waals surface area contributed by atoms with Crippen LogP contribution >= 0.6 is 0 Å². The molecule has 6 nitrogen and oxygen atoms in total. The molecule has 1 aromatic heterocycles. The second-order valence-electron chi connectivity index (χ2n) is 7.35. The number of hydrogen-bond donors (Lipinski definition) is 0. The molecule has 2 aliphatic rings. The van der Waals surface area contributed by atoms with Gasteiger partial charge in [0.25, 0.3) is 5.91 Å². The Bertz CT molecular complexity index is 803. The van der Waals surface area contributed by atoms with Crippen molar-refractivity contribution < 1.29 is 14.3 Å². The third-order valence-electron chi connectivity index (χ3n) is 5.22. The van der Waals surface area contributed by atoms with Gasteiger partial charge in [-0.1, -0.05) is 31.0 Å². The summed E-state index contributed by atoms with van der Waals surface area (Å²) in [6.45, 7) is 1.30. The third-order valence-corrected chi connectivity index (χ3v) is 5.22. The Kier molecular flexibility index (Phi) is 5.23. The smallest absolute Gasteiger partial charge is 0.357 e. The highest BCUT2D eigenvalue weighted by atomic mass is 16.5. The summed E-state index contributed by atoms with van der Waals surface area (Å²) in [5.41, 5.74) is 2.12. The van der Waals surface area contributed by atoms with Gasteiger partial charge in [-0.3, -0.25) is 4.79 Å². The molecule has 0 unspecified atom stereocenters. The standard InChI is InChI=1S/C21H25N3O3/c25-20(23-12-6-1-2-7-13-23)15-27-21(26)19-14-18(16-10-11-16)22-24(19)17-8-4-3-5-9-17/h3-5,8-9,14,16H,1-2,6-7,10-13,15H2. The summed E-state index contributed by atoms with van der Waals surface area (Å²) in [5, 5.41) is 4.61. The number of carbonyl (C=O) groups is 2. The average molecular weight is 367 g/mol. The second kappa shape index (κ2) is 7.94. The molecule has 1 aromatic carbocycles. The number of benzene rings is 1. The highest BCUT2D eigenvalue weighted by Gasteiger charge is 2.29. The van der Waals surface area contributed by atoms with Crippen LogP contribution in [0.15, 0.2) is 36.4 Å². The van der Waals surface area contributed by atoms with E-state index in [2.05, 4.69) is 5.10 Å². The first kappa shape index (κ1) is 17.8. The molecule has 4 rings (SSSR count). The Morgan fingerprint density at radius 1 is 1.04 bits per heavy atom. The first-order chi connectivity index (χ1) is 13.2. The minimum atomic E-state index is -0.499. The quantitative estimate of drug-likeness (QED) is 0.761. The summed E-state index contributed by atoms with van der Waals surface area (Å²) in [5.74, 6) is -0.180. The van der Waals surface area contributed by atoms with E-state index < -0.39 is 5.97 Å². The number of esters is 1. The molecule has 0 radical (unpaired) electrons. The van der Waals surface area contributed by atoms with E-state index in [9.17, 15) is 9.59 Å². The summed E-state index contributed by atoms with van der Waals surface area (Å²) in [6, 6.07) is 11.4. The summed E-state index contributed by atoms with van der Waals surface area (Å²) < 4.78 is 7.00. The van der Waals surface area contributed by atoms with Crippen LogP contribution < -0.4 is 0 Å². The molecule has 1 saturated heterocycles. The van der Waals surface area contributed by atoms with Crippen molar-refractivity contribution in [3.8, 4) is 5.69 Å². The lowest BCUT2D eigenvalue weighted by atomic mass is 10.2. The normalized spacial score (nSPS) is 17.4. The Morgan fingerprint density at radius 2 is 1.74 bits per heavy atom. The molecule has 2 aromatic rings. The highest BCUT2D eigenvalue weighted by Crippen LogP contribution is 2.39. The number of nitrogens with zero attached hydrogens (tertiary/aromatic N) is 3. The van der Waals surface area contributed by atoms with Gasteiger partial charge in [-0.2, -0.15) is 5.10 Å². The van der Waals surface area contributed by atoms with Crippen molar-refractivity contribution in [3.05, 3.63) is 47.8 Å². The summed E-state index contributed by atoms with van der Waals surface area (Å²) in [6.07, 6.45) is 6.56. The summed E-state index contributed by atoms with van der Waals surface area (Å²) in [4.78, 5) is 26.9. The van der Waals surface area contributed by atoms with Crippen LogP contribution in [0.2, 0.25) is 0 Å². The lowest BCUT2D eigenvalue weighted by Crippen LogP contribution is -2.35. The molecule has 0 bridgehead atoms. The molecule has 1 amide bonds. The van der Waals surface area contributed by atoms with Gasteiger partial charge in [0.1, 0.15) is 0 Å². The Hall–Kier alpha value is -2.63. The SMILES string of the molecule is O=C(OCC(=O)N1CCCCCC1)c1cc(C2CC2)nn1-c1ccccc1. The zero-order valence-electron chi connectivity index (χ0n) is 15.5. The molecule has 6 heteroatoms. The number of likely N-dealkylation sites (tertiary alicyclic amines) is 1. The van der Waals surface area contributed by atoms with Gasteiger partial charge in [0, 0.05) is 19.0 Å². The van der Waals surface area contributed by atoms with E-state index in [1.165, 1.54) is 0 Å². The minimum Gasteiger partial charge on any atom is -0.451 e.